The van der Waals surface area contributed by atoms with Gasteiger partial charge in [0, 0.05) is 11.6 Å². The molecule has 1 atom stereocenters. The Labute approximate surface area is 133 Å². The van der Waals surface area contributed by atoms with E-state index >= 15 is 0 Å². The van der Waals surface area contributed by atoms with Crippen LogP contribution in [-0.4, -0.2) is 23.6 Å². The van der Waals surface area contributed by atoms with Crippen molar-refractivity contribution in [1.29, 1.82) is 5.26 Å². The molecule has 1 unspecified atom stereocenters. The van der Waals surface area contributed by atoms with Crippen molar-refractivity contribution in [2.75, 3.05) is 17.7 Å². The van der Waals surface area contributed by atoms with Gasteiger partial charge in [0.05, 0.1) is 23.2 Å². The van der Waals surface area contributed by atoms with Crippen LogP contribution in [0.5, 0.6) is 0 Å². The van der Waals surface area contributed by atoms with E-state index in [1.165, 1.54) is 0 Å². The molecular weight excluding hydrogens is 307 g/mol. The standard InChI is InChI=1S/C16H14Cl2N2O/c17-8-15(21)10-20-16-6-3-12(7-13(16)9-19)11-1-4-14(18)5-2-11/h1-7,15,20-21H,8,10H2. The summed E-state index contributed by atoms with van der Waals surface area (Å²) in [7, 11) is 0. The van der Waals surface area contributed by atoms with E-state index < -0.39 is 6.10 Å². The van der Waals surface area contributed by atoms with Crippen LogP contribution in [0.25, 0.3) is 11.1 Å². The predicted octanol–water partition coefficient (Wildman–Crippen LogP) is 3.89. The minimum Gasteiger partial charge on any atom is -0.390 e. The molecule has 2 aromatic rings. The molecule has 2 aromatic carbocycles. The summed E-state index contributed by atoms with van der Waals surface area (Å²) in [5.74, 6) is 0.151. The second kappa shape index (κ2) is 7.33. The average Bonchev–Trinajstić information content (AvgIpc) is 2.53. The van der Waals surface area contributed by atoms with Crippen LogP contribution in [-0.2, 0) is 0 Å². The minimum absolute atomic E-state index is 0.151. The third-order valence-electron chi connectivity index (χ3n) is 3.02. The third-order valence-corrected chi connectivity index (χ3v) is 3.63. The molecule has 0 radical (unpaired) electrons. The van der Waals surface area contributed by atoms with Gasteiger partial charge in [0.2, 0.25) is 0 Å². The molecule has 3 nitrogen and oxygen atoms in total. The summed E-state index contributed by atoms with van der Waals surface area (Å²) >= 11 is 11.4. The lowest BCUT2D eigenvalue weighted by atomic mass is 10.0. The van der Waals surface area contributed by atoms with Crippen LogP contribution in [0.1, 0.15) is 5.56 Å². The van der Waals surface area contributed by atoms with Crippen LogP contribution in [0.2, 0.25) is 5.02 Å². The summed E-state index contributed by atoms with van der Waals surface area (Å²) in [4.78, 5) is 0. The Hall–Kier alpha value is -1.73. The smallest absolute Gasteiger partial charge is 0.101 e. The molecule has 0 saturated carbocycles. The molecule has 0 heterocycles. The van der Waals surface area contributed by atoms with Gasteiger partial charge in [0.15, 0.2) is 0 Å². The highest BCUT2D eigenvalue weighted by Gasteiger charge is 2.07. The number of halogens is 2. The maximum absolute atomic E-state index is 9.45. The fourth-order valence-electron chi connectivity index (χ4n) is 1.90. The second-order valence-electron chi connectivity index (χ2n) is 4.57. The molecule has 0 aliphatic heterocycles. The van der Waals surface area contributed by atoms with Crippen molar-refractivity contribution in [3.8, 4) is 17.2 Å². The van der Waals surface area contributed by atoms with Crippen LogP contribution in [0.4, 0.5) is 5.69 Å². The lowest BCUT2D eigenvalue weighted by Gasteiger charge is -2.12. The molecular formula is C16H14Cl2N2O. The summed E-state index contributed by atoms with van der Waals surface area (Å²) in [6, 6.07) is 15.1. The fourth-order valence-corrected chi connectivity index (χ4v) is 2.13. The molecule has 0 bridgehead atoms. The number of aliphatic hydroxyl groups is 1. The number of aliphatic hydroxyl groups excluding tert-OH is 1. The first kappa shape index (κ1) is 15.7. The molecule has 0 saturated heterocycles. The van der Waals surface area contributed by atoms with Crippen molar-refractivity contribution in [3.05, 3.63) is 53.1 Å². The van der Waals surface area contributed by atoms with E-state index in [0.717, 1.165) is 11.1 Å². The lowest BCUT2D eigenvalue weighted by Crippen LogP contribution is -2.21. The number of benzene rings is 2. The summed E-state index contributed by atoms with van der Waals surface area (Å²) in [5, 5.41) is 22.4. The molecule has 21 heavy (non-hydrogen) atoms. The van der Waals surface area contributed by atoms with Crippen molar-refractivity contribution >= 4 is 28.9 Å². The fraction of sp³-hybridized carbons (Fsp3) is 0.188. The summed E-state index contributed by atoms with van der Waals surface area (Å²) < 4.78 is 0. The van der Waals surface area contributed by atoms with Crippen LogP contribution in [0.3, 0.4) is 0 Å². The van der Waals surface area contributed by atoms with Gasteiger partial charge in [0.1, 0.15) is 6.07 Å². The quantitative estimate of drug-likeness (QED) is 0.822. The summed E-state index contributed by atoms with van der Waals surface area (Å²) in [6.45, 7) is 0.304. The van der Waals surface area contributed by atoms with E-state index in [1.54, 1.807) is 6.07 Å². The van der Waals surface area contributed by atoms with Gasteiger partial charge in [-0.1, -0.05) is 29.8 Å². The number of hydrogen-bond acceptors (Lipinski definition) is 3. The number of anilines is 1. The van der Waals surface area contributed by atoms with Gasteiger partial charge in [-0.2, -0.15) is 5.26 Å². The Kier molecular flexibility index (Phi) is 5.46. The lowest BCUT2D eigenvalue weighted by molar-refractivity contribution is 0.211. The maximum atomic E-state index is 9.45. The molecule has 0 aliphatic carbocycles. The molecule has 0 amide bonds. The first-order chi connectivity index (χ1) is 10.1. The zero-order valence-corrected chi connectivity index (χ0v) is 12.7. The van der Waals surface area contributed by atoms with E-state index in [-0.39, 0.29) is 5.88 Å². The van der Waals surface area contributed by atoms with Gasteiger partial charge in [-0.25, -0.2) is 0 Å². The number of nitrogens with zero attached hydrogens (tertiary/aromatic N) is 1. The molecule has 5 heteroatoms. The van der Waals surface area contributed by atoms with Gasteiger partial charge < -0.3 is 10.4 Å². The Morgan fingerprint density at radius 2 is 1.81 bits per heavy atom. The number of alkyl halides is 1. The topological polar surface area (TPSA) is 56.0 Å². The highest BCUT2D eigenvalue weighted by atomic mass is 35.5. The molecule has 0 aliphatic rings. The summed E-state index contributed by atoms with van der Waals surface area (Å²) in [5.41, 5.74) is 3.12. The van der Waals surface area contributed by atoms with Crippen LogP contribution >= 0.6 is 23.2 Å². The first-order valence-corrected chi connectivity index (χ1v) is 7.33. The van der Waals surface area contributed by atoms with Crippen molar-refractivity contribution in [3.63, 3.8) is 0 Å². The van der Waals surface area contributed by atoms with Gasteiger partial charge in [-0.05, 0) is 35.4 Å². The maximum Gasteiger partial charge on any atom is 0.101 e. The van der Waals surface area contributed by atoms with Crippen LogP contribution < -0.4 is 5.32 Å². The summed E-state index contributed by atoms with van der Waals surface area (Å²) in [6.07, 6.45) is -0.644. The van der Waals surface area contributed by atoms with Crippen molar-refractivity contribution in [2.24, 2.45) is 0 Å². The molecule has 2 rings (SSSR count). The van der Waals surface area contributed by atoms with Gasteiger partial charge in [-0.3, -0.25) is 0 Å². The van der Waals surface area contributed by atoms with Gasteiger partial charge in [-0.15, -0.1) is 11.6 Å². The van der Waals surface area contributed by atoms with Crippen molar-refractivity contribution < 1.29 is 5.11 Å². The van der Waals surface area contributed by atoms with E-state index in [2.05, 4.69) is 11.4 Å². The van der Waals surface area contributed by atoms with Crippen molar-refractivity contribution in [2.45, 2.75) is 6.10 Å². The van der Waals surface area contributed by atoms with E-state index in [1.807, 2.05) is 36.4 Å². The molecule has 0 spiro atoms. The van der Waals surface area contributed by atoms with Gasteiger partial charge in [0.25, 0.3) is 0 Å². The third kappa shape index (κ3) is 4.12. The Balaban J connectivity index is 2.24. The first-order valence-electron chi connectivity index (χ1n) is 6.42. The zero-order valence-electron chi connectivity index (χ0n) is 11.2. The van der Waals surface area contributed by atoms with Crippen molar-refractivity contribution in [1.82, 2.24) is 0 Å². The molecule has 2 N–H and O–H groups in total. The molecule has 0 aromatic heterocycles. The number of rotatable bonds is 5. The van der Waals surface area contributed by atoms with Gasteiger partial charge >= 0.3 is 0 Å². The van der Waals surface area contributed by atoms with Crippen LogP contribution in [0.15, 0.2) is 42.5 Å². The normalized spacial score (nSPS) is 11.7. The second-order valence-corrected chi connectivity index (χ2v) is 5.31. The highest BCUT2D eigenvalue weighted by Crippen LogP contribution is 2.26. The number of nitrogens with one attached hydrogen (secondary N) is 1. The molecule has 108 valence electrons. The largest absolute Gasteiger partial charge is 0.390 e. The average molecular weight is 321 g/mol. The van der Waals surface area contributed by atoms with E-state index in [9.17, 15) is 10.4 Å². The number of nitriles is 1. The Bertz CT molecular complexity index is 650. The Morgan fingerprint density at radius 3 is 2.43 bits per heavy atom. The molecule has 0 fully saturated rings. The zero-order chi connectivity index (χ0) is 15.2. The van der Waals surface area contributed by atoms with E-state index in [4.69, 9.17) is 23.2 Å². The van der Waals surface area contributed by atoms with Crippen LogP contribution in [0, 0.1) is 11.3 Å². The predicted molar refractivity (Wildman–Crippen MR) is 86.8 cm³/mol. The minimum atomic E-state index is -0.644. The highest BCUT2D eigenvalue weighted by molar-refractivity contribution is 6.30. The Morgan fingerprint density at radius 1 is 1.14 bits per heavy atom. The monoisotopic (exact) mass is 320 g/mol. The van der Waals surface area contributed by atoms with E-state index in [0.29, 0.717) is 22.8 Å². The SMILES string of the molecule is N#Cc1cc(-c2ccc(Cl)cc2)ccc1NCC(O)CCl. The number of hydrogen-bond donors (Lipinski definition) is 2.